The molecule has 0 radical (unpaired) electrons. The largest absolute Gasteiger partial charge is 0.639 e. The standard InChI is InChI=1S/C6H5N3/c1-2-4-6-5(3-1)7-9-8-6/h1-4,9H/q-2. The molecule has 1 heterocycles. The van der Waals surface area contributed by atoms with Gasteiger partial charge in [0.1, 0.15) is 0 Å². The molecule has 0 aliphatic carbocycles. The molecule has 3 heteroatoms. The van der Waals surface area contributed by atoms with Crippen molar-refractivity contribution < 1.29 is 0 Å². The van der Waals surface area contributed by atoms with Gasteiger partial charge >= 0.3 is 0 Å². The lowest BCUT2D eigenvalue weighted by Crippen LogP contribution is -1.84. The maximum Gasteiger partial charge on any atom is -0.0635 e. The van der Waals surface area contributed by atoms with Gasteiger partial charge < -0.3 is 16.4 Å². The van der Waals surface area contributed by atoms with E-state index < -0.39 is 0 Å². The lowest BCUT2D eigenvalue weighted by atomic mass is 10.3. The van der Waals surface area contributed by atoms with Crippen LogP contribution in [0.15, 0.2) is 24.3 Å². The summed E-state index contributed by atoms with van der Waals surface area (Å²) in [7, 11) is 0. The average Bonchev–Trinajstić information content (AvgIpc) is 2.33. The maximum atomic E-state index is 3.88. The van der Waals surface area contributed by atoms with E-state index in [9.17, 15) is 0 Å². The molecule has 46 valence electrons. The van der Waals surface area contributed by atoms with E-state index in [2.05, 4.69) is 16.4 Å². The zero-order chi connectivity index (χ0) is 6.10. The fourth-order valence-electron chi connectivity index (χ4n) is 0.786. The first kappa shape index (κ1) is 4.64. The molecule has 3 nitrogen and oxygen atoms in total. The maximum absolute atomic E-state index is 3.88. The van der Waals surface area contributed by atoms with Crippen LogP contribution < -0.4 is 5.53 Å². The third kappa shape index (κ3) is 0.622. The minimum Gasteiger partial charge on any atom is -0.639 e. The van der Waals surface area contributed by atoms with E-state index in [1.54, 1.807) is 0 Å². The van der Waals surface area contributed by atoms with Gasteiger partial charge in [0.05, 0.1) is 0 Å². The summed E-state index contributed by atoms with van der Waals surface area (Å²) in [5, 5.41) is 0. The first-order chi connectivity index (χ1) is 4.47. The molecule has 0 saturated carbocycles. The Morgan fingerprint density at radius 1 is 1.00 bits per heavy atom. The van der Waals surface area contributed by atoms with Crippen molar-refractivity contribution in [2.45, 2.75) is 0 Å². The topological polar surface area (TPSA) is 40.2 Å². The van der Waals surface area contributed by atoms with E-state index in [1.807, 2.05) is 24.3 Å². The number of benzene rings is 1. The van der Waals surface area contributed by atoms with E-state index in [0.717, 1.165) is 11.4 Å². The van der Waals surface area contributed by atoms with Crippen molar-refractivity contribution in [3.63, 3.8) is 0 Å². The minimum atomic E-state index is 0.914. The summed E-state index contributed by atoms with van der Waals surface area (Å²) in [5.41, 5.74) is 12.1. The molecule has 0 bridgehead atoms. The summed E-state index contributed by atoms with van der Waals surface area (Å²) in [6.45, 7) is 0. The predicted molar refractivity (Wildman–Crippen MR) is 35.6 cm³/mol. The summed E-state index contributed by atoms with van der Waals surface area (Å²) < 4.78 is 0. The Morgan fingerprint density at radius 2 is 1.56 bits per heavy atom. The third-order valence-corrected chi connectivity index (χ3v) is 1.22. The Balaban J connectivity index is 2.54. The van der Waals surface area contributed by atoms with Gasteiger partial charge in [0.25, 0.3) is 0 Å². The van der Waals surface area contributed by atoms with Gasteiger partial charge in [-0.05, 0) is 0 Å². The van der Waals surface area contributed by atoms with Gasteiger partial charge in [-0.2, -0.15) is 0 Å². The molecular weight excluding hydrogens is 114 g/mol. The Bertz CT molecular complexity index is 198. The van der Waals surface area contributed by atoms with Crippen LogP contribution in [0.5, 0.6) is 0 Å². The lowest BCUT2D eigenvalue weighted by Gasteiger charge is -2.20. The molecule has 0 saturated heterocycles. The van der Waals surface area contributed by atoms with E-state index in [4.69, 9.17) is 0 Å². The molecule has 0 fully saturated rings. The van der Waals surface area contributed by atoms with Crippen molar-refractivity contribution in [3.05, 3.63) is 35.1 Å². The highest BCUT2D eigenvalue weighted by Crippen LogP contribution is 2.37. The molecule has 2 rings (SSSR count). The molecule has 0 atom stereocenters. The van der Waals surface area contributed by atoms with Crippen LogP contribution >= 0.6 is 0 Å². The summed E-state index contributed by atoms with van der Waals surface area (Å²) in [6.07, 6.45) is 0. The molecule has 1 aliphatic rings. The van der Waals surface area contributed by atoms with E-state index in [-0.39, 0.29) is 0 Å². The van der Waals surface area contributed by atoms with Gasteiger partial charge in [-0.1, -0.05) is 24.3 Å². The van der Waals surface area contributed by atoms with Gasteiger partial charge in [0.2, 0.25) is 0 Å². The summed E-state index contributed by atoms with van der Waals surface area (Å²) in [6, 6.07) is 7.70. The quantitative estimate of drug-likeness (QED) is 0.558. The second-order valence-corrected chi connectivity index (χ2v) is 1.81. The molecule has 0 amide bonds. The van der Waals surface area contributed by atoms with Crippen LogP contribution in [-0.4, -0.2) is 0 Å². The number of nitrogens with zero attached hydrogens (tertiary/aromatic N) is 2. The summed E-state index contributed by atoms with van der Waals surface area (Å²) in [4.78, 5) is 0. The molecule has 0 aromatic heterocycles. The van der Waals surface area contributed by atoms with Crippen molar-refractivity contribution in [3.8, 4) is 0 Å². The molecule has 0 unspecified atom stereocenters. The normalized spacial score (nSPS) is 13.8. The molecule has 1 aromatic carbocycles. The molecule has 1 aliphatic heterocycles. The number of hydrogen-bond acceptors (Lipinski definition) is 1. The van der Waals surface area contributed by atoms with Crippen LogP contribution in [0.4, 0.5) is 11.4 Å². The van der Waals surface area contributed by atoms with Crippen molar-refractivity contribution in [1.82, 2.24) is 5.53 Å². The Labute approximate surface area is 53.0 Å². The number of hydrogen-bond donors (Lipinski definition) is 1. The highest BCUT2D eigenvalue weighted by atomic mass is 15.6. The molecule has 1 N–H and O–H groups in total. The number of fused-ring (bicyclic) bond motifs is 1. The van der Waals surface area contributed by atoms with Crippen LogP contribution in [0.1, 0.15) is 0 Å². The van der Waals surface area contributed by atoms with Gasteiger partial charge in [0, 0.05) is 0 Å². The molecule has 1 aromatic rings. The average molecular weight is 119 g/mol. The Morgan fingerprint density at radius 3 is 2.11 bits per heavy atom. The first-order valence-corrected chi connectivity index (χ1v) is 2.72. The summed E-state index contributed by atoms with van der Waals surface area (Å²) >= 11 is 0. The van der Waals surface area contributed by atoms with E-state index in [1.165, 1.54) is 0 Å². The monoisotopic (exact) mass is 119 g/mol. The highest BCUT2D eigenvalue weighted by molar-refractivity contribution is 5.76. The Kier molecular flexibility index (Phi) is 0.841. The smallest absolute Gasteiger partial charge is 0.0635 e. The zero-order valence-corrected chi connectivity index (χ0v) is 4.70. The van der Waals surface area contributed by atoms with Crippen molar-refractivity contribution in [2.24, 2.45) is 0 Å². The number of nitrogens with one attached hydrogen (secondary N) is 1. The van der Waals surface area contributed by atoms with Gasteiger partial charge in [-0.3, -0.25) is 0 Å². The van der Waals surface area contributed by atoms with Crippen molar-refractivity contribution in [2.75, 3.05) is 0 Å². The Hall–Kier alpha value is -1.22. The van der Waals surface area contributed by atoms with E-state index >= 15 is 0 Å². The van der Waals surface area contributed by atoms with E-state index in [0.29, 0.717) is 0 Å². The number of para-hydroxylation sites is 2. The van der Waals surface area contributed by atoms with Crippen LogP contribution in [0.25, 0.3) is 10.9 Å². The molecule has 0 spiro atoms. The third-order valence-electron chi connectivity index (χ3n) is 1.22. The van der Waals surface area contributed by atoms with Crippen LogP contribution in [0.3, 0.4) is 0 Å². The number of rotatable bonds is 0. The first-order valence-electron chi connectivity index (χ1n) is 2.72. The van der Waals surface area contributed by atoms with Crippen LogP contribution in [0.2, 0.25) is 0 Å². The van der Waals surface area contributed by atoms with Gasteiger partial charge in [-0.25, -0.2) is 0 Å². The lowest BCUT2D eigenvalue weighted by molar-refractivity contribution is 1.14. The van der Waals surface area contributed by atoms with Gasteiger partial charge in [-0.15, -0.1) is 11.4 Å². The molecule has 9 heavy (non-hydrogen) atoms. The second-order valence-electron chi connectivity index (χ2n) is 1.81. The summed E-state index contributed by atoms with van der Waals surface area (Å²) in [5.74, 6) is 0. The van der Waals surface area contributed by atoms with Gasteiger partial charge in [0.15, 0.2) is 0 Å². The second kappa shape index (κ2) is 1.63. The van der Waals surface area contributed by atoms with Crippen LogP contribution in [-0.2, 0) is 0 Å². The van der Waals surface area contributed by atoms with Crippen molar-refractivity contribution in [1.29, 1.82) is 0 Å². The SMILES string of the molecule is c1ccc2c(c1)[N-]N[N-]2. The highest BCUT2D eigenvalue weighted by Gasteiger charge is 1.83. The zero-order valence-electron chi connectivity index (χ0n) is 4.70. The fraction of sp³-hybridized carbons (Fsp3) is 0. The van der Waals surface area contributed by atoms with Crippen LogP contribution in [0, 0.1) is 0 Å². The van der Waals surface area contributed by atoms with Crippen molar-refractivity contribution >= 4 is 11.4 Å². The predicted octanol–water partition coefficient (Wildman–Crippen LogP) is 2.13. The fourth-order valence-corrected chi connectivity index (χ4v) is 0.786. The molecular formula is C6H5N3-2. The minimum absolute atomic E-state index is 0.914.